The lowest BCUT2D eigenvalue weighted by atomic mass is 10.1. The van der Waals surface area contributed by atoms with Gasteiger partial charge in [-0.1, -0.05) is 6.08 Å². The van der Waals surface area contributed by atoms with Gasteiger partial charge in [-0.2, -0.15) is 0 Å². The SMILES string of the molecule is C=C[C@H]1C[C@H]1C(=O)N1CCN(C(=O)c2cncc(C)c2)CC(C)(F)C1. The summed E-state index contributed by atoms with van der Waals surface area (Å²) in [5.41, 5.74) is -0.313. The second-order valence-corrected chi connectivity index (χ2v) is 7.39. The van der Waals surface area contributed by atoms with Crippen LogP contribution in [0.4, 0.5) is 4.39 Å². The molecule has 1 aliphatic carbocycles. The standard InChI is InChI=1S/C19H24FN3O2/c1-4-14-8-16(14)18(25)23-6-5-22(11-19(3,20)12-23)17(24)15-7-13(2)9-21-10-15/h4,7,9-10,14,16H,1,5-6,8,11-12H2,2-3H3/t14-,16+,19?/m0/s1. The second-order valence-electron chi connectivity index (χ2n) is 7.39. The highest BCUT2D eigenvalue weighted by Gasteiger charge is 2.45. The average Bonchev–Trinajstić information content (AvgIpc) is 3.36. The van der Waals surface area contributed by atoms with Crippen molar-refractivity contribution in [2.24, 2.45) is 11.8 Å². The molecule has 1 aromatic rings. The molecule has 1 saturated carbocycles. The van der Waals surface area contributed by atoms with Crippen LogP contribution in [0.2, 0.25) is 0 Å². The van der Waals surface area contributed by atoms with Crippen LogP contribution in [-0.2, 0) is 4.79 Å². The molecule has 1 aliphatic heterocycles. The van der Waals surface area contributed by atoms with Crippen molar-refractivity contribution in [3.05, 3.63) is 42.2 Å². The van der Waals surface area contributed by atoms with Gasteiger partial charge in [-0.05, 0) is 37.8 Å². The van der Waals surface area contributed by atoms with Crippen LogP contribution in [0.5, 0.6) is 0 Å². The summed E-state index contributed by atoms with van der Waals surface area (Å²) >= 11 is 0. The number of hydrogen-bond acceptors (Lipinski definition) is 3. The maximum atomic E-state index is 15.0. The highest BCUT2D eigenvalue weighted by atomic mass is 19.1. The van der Waals surface area contributed by atoms with Crippen LogP contribution in [0.1, 0.15) is 29.3 Å². The number of carbonyl (C=O) groups excluding carboxylic acids is 2. The molecule has 0 N–H and O–H groups in total. The van der Waals surface area contributed by atoms with Crippen molar-refractivity contribution >= 4 is 11.8 Å². The minimum atomic E-state index is -1.64. The van der Waals surface area contributed by atoms with E-state index in [4.69, 9.17) is 0 Å². The van der Waals surface area contributed by atoms with Crippen molar-refractivity contribution < 1.29 is 14.0 Å². The van der Waals surface area contributed by atoms with E-state index in [2.05, 4.69) is 11.6 Å². The molecule has 2 fully saturated rings. The molecule has 1 aromatic heterocycles. The molecule has 2 amide bonds. The Hall–Kier alpha value is -2.24. The topological polar surface area (TPSA) is 53.5 Å². The predicted octanol–water partition coefficient (Wildman–Crippen LogP) is 2.22. The smallest absolute Gasteiger partial charge is 0.255 e. The van der Waals surface area contributed by atoms with Gasteiger partial charge in [0.05, 0.1) is 18.7 Å². The number of allylic oxidation sites excluding steroid dienone is 1. The number of aromatic nitrogens is 1. The van der Waals surface area contributed by atoms with Gasteiger partial charge in [-0.3, -0.25) is 14.6 Å². The molecule has 25 heavy (non-hydrogen) atoms. The fourth-order valence-corrected chi connectivity index (χ4v) is 3.45. The molecule has 3 atom stereocenters. The largest absolute Gasteiger partial charge is 0.337 e. The van der Waals surface area contributed by atoms with Crippen LogP contribution in [0.3, 0.4) is 0 Å². The number of rotatable bonds is 3. The quantitative estimate of drug-likeness (QED) is 0.790. The minimum absolute atomic E-state index is 0.0159. The molecule has 6 heteroatoms. The van der Waals surface area contributed by atoms with Crippen LogP contribution in [0.15, 0.2) is 31.1 Å². The summed E-state index contributed by atoms with van der Waals surface area (Å²) in [5, 5.41) is 0. The molecule has 0 spiro atoms. The van der Waals surface area contributed by atoms with E-state index in [-0.39, 0.29) is 36.7 Å². The van der Waals surface area contributed by atoms with Crippen molar-refractivity contribution in [3.8, 4) is 0 Å². The monoisotopic (exact) mass is 345 g/mol. The van der Waals surface area contributed by atoms with Gasteiger partial charge in [0.15, 0.2) is 0 Å². The number of carbonyl (C=O) groups is 2. The van der Waals surface area contributed by atoms with Gasteiger partial charge in [-0.25, -0.2) is 4.39 Å². The van der Waals surface area contributed by atoms with Crippen molar-refractivity contribution in [2.45, 2.75) is 25.9 Å². The van der Waals surface area contributed by atoms with Gasteiger partial charge < -0.3 is 9.80 Å². The van der Waals surface area contributed by atoms with Gasteiger partial charge in [-0.15, -0.1) is 6.58 Å². The fourth-order valence-electron chi connectivity index (χ4n) is 3.45. The van der Waals surface area contributed by atoms with Crippen molar-refractivity contribution in [1.29, 1.82) is 0 Å². The lowest BCUT2D eigenvalue weighted by Crippen LogP contribution is -2.44. The minimum Gasteiger partial charge on any atom is -0.337 e. The summed E-state index contributed by atoms with van der Waals surface area (Å²) in [7, 11) is 0. The van der Waals surface area contributed by atoms with Crippen LogP contribution in [0, 0.1) is 18.8 Å². The molecule has 1 saturated heterocycles. The van der Waals surface area contributed by atoms with Gasteiger partial charge in [0.25, 0.3) is 5.91 Å². The molecule has 5 nitrogen and oxygen atoms in total. The van der Waals surface area contributed by atoms with E-state index in [1.165, 1.54) is 18.0 Å². The predicted molar refractivity (Wildman–Crippen MR) is 92.8 cm³/mol. The van der Waals surface area contributed by atoms with Gasteiger partial charge in [0.2, 0.25) is 5.91 Å². The molecule has 1 unspecified atom stereocenters. The highest BCUT2D eigenvalue weighted by Crippen LogP contribution is 2.41. The summed E-state index contributed by atoms with van der Waals surface area (Å²) in [6, 6.07) is 1.75. The summed E-state index contributed by atoms with van der Waals surface area (Å²) in [6.45, 7) is 7.69. The van der Waals surface area contributed by atoms with E-state index in [0.29, 0.717) is 18.7 Å². The summed E-state index contributed by atoms with van der Waals surface area (Å²) in [5.74, 6) is -0.140. The Balaban J connectivity index is 1.73. The van der Waals surface area contributed by atoms with Crippen molar-refractivity contribution in [3.63, 3.8) is 0 Å². The van der Waals surface area contributed by atoms with Crippen molar-refractivity contribution in [2.75, 3.05) is 26.2 Å². The Kier molecular flexibility index (Phi) is 4.62. The first kappa shape index (κ1) is 17.6. The number of amides is 2. The molecule has 134 valence electrons. The molecule has 0 radical (unpaired) electrons. The Morgan fingerprint density at radius 2 is 2.00 bits per heavy atom. The molecular weight excluding hydrogens is 321 g/mol. The molecule has 2 aliphatic rings. The lowest BCUT2D eigenvalue weighted by molar-refractivity contribution is -0.134. The van der Waals surface area contributed by atoms with Gasteiger partial charge >= 0.3 is 0 Å². The second kappa shape index (κ2) is 6.58. The Bertz CT molecular complexity index is 704. The number of halogens is 1. The average molecular weight is 345 g/mol. The van der Waals surface area contributed by atoms with E-state index < -0.39 is 5.67 Å². The number of alkyl halides is 1. The van der Waals surface area contributed by atoms with E-state index in [1.54, 1.807) is 23.2 Å². The van der Waals surface area contributed by atoms with Crippen LogP contribution in [0.25, 0.3) is 0 Å². The first-order valence-electron chi connectivity index (χ1n) is 8.62. The Morgan fingerprint density at radius 3 is 2.64 bits per heavy atom. The first-order chi connectivity index (χ1) is 11.8. The number of nitrogens with zero attached hydrogens (tertiary/aromatic N) is 3. The number of hydrogen-bond donors (Lipinski definition) is 0. The molecule has 0 bridgehead atoms. The van der Waals surface area contributed by atoms with Crippen molar-refractivity contribution in [1.82, 2.24) is 14.8 Å². The third kappa shape index (κ3) is 3.89. The Labute approximate surface area is 147 Å². The third-order valence-electron chi connectivity index (χ3n) is 4.86. The normalized spacial score (nSPS) is 29.1. The zero-order valence-corrected chi connectivity index (χ0v) is 14.7. The van der Waals surface area contributed by atoms with E-state index >= 15 is 0 Å². The molecule has 0 aromatic carbocycles. The van der Waals surface area contributed by atoms with E-state index in [1.807, 2.05) is 6.92 Å². The van der Waals surface area contributed by atoms with Crippen LogP contribution >= 0.6 is 0 Å². The zero-order valence-electron chi connectivity index (χ0n) is 14.7. The third-order valence-corrected chi connectivity index (χ3v) is 4.86. The van der Waals surface area contributed by atoms with Gasteiger partial charge in [0.1, 0.15) is 5.67 Å². The van der Waals surface area contributed by atoms with Gasteiger partial charge in [0, 0.05) is 31.4 Å². The number of aryl methyl sites for hydroxylation is 1. The fraction of sp³-hybridized carbons (Fsp3) is 0.526. The van der Waals surface area contributed by atoms with E-state index in [9.17, 15) is 14.0 Å². The number of pyridine rings is 1. The summed E-state index contributed by atoms with van der Waals surface area (Å²) < 4.78 is 15.0. The Morgan fingerprint density at radius 1 is 1.32 bits per heavy atom. The highest BCUT2D eigenvalue weighted by molar-refractivity contribution is 5.94. The van der Waals surface area contributed by atoms with E-state index in [0.717, 1.165) is 12.0 Å². The maximum Gasteiger partial charge on any atom is 0.255 e. The lowest BCUT2D eigenvalue weighted by Gasteiger charge is -2.27. The van der Waals surface area contributed by atoms with Crippen LogP contribution < -0.4 is 0 Å². The molecular formula is C19H24FN3O2. The molecule has 2 heterocycles. The molecule has 3 rings (SSSR count). The van der Waals surface area contributed by atoms with Crippen LogP contribution in [-0.4, -0.2) is 58.4 Å². The maximum absolute atomic E-state index is 15.0. The summed E-state index contributed by atoms with van der Waals surface area (Å²) in [6.07, 6.45) is 5.75. The zero-order chi connectivity index (χ0) is 18.2. The first-order valence-corrected chi connectivity index (χ1v) is 8.62. The summed E-state index contributed by atoms with van der Waals surface area (Å²) in [4.78, 5) is 32.4.